The molecule has 1 atom stereocenters. The van der Waals surface area contributed by atoms with Gasteiger partial charge in [0.25, 0.3) is 5.91 Å². The Kier molecular flexibility index (Phi) is 5.13. The fourth-order valence-electron chi connectivity index (χ4n) is 3.38. The largest absolute Gasteiger partial charge is 0.424 e. The van der Waals surface area contributed by atoms with Crippen molar-refractivity contribution in [3.63, 3.8) is 0 Å². The van der Waals surface area contributed by atoms with Crippen LogP contribution < -0.4 is 10.1 Å². The lowest BCUT2D eigenvalue weighted by atomic mass is 9.90. The Morgan fingerprint density at radius 2 is 1.77 bits per heavy atom. The molecule has 0 spiro atoms. The number of amides is 3. The van der Waals surface area contributed by atoms with Gasteiger partial charge < -0.3 is 10.1 Å². The Hall–Kier alpha value is -3.09. The van der Waals surface area contributed by atoms with E-state index in [1.54, 1.807) is 25.1 Å². The van der Waals surface area contributed by atoms with Crippen molar-refractivity contribution in [1.29, 1.82) is 0 Å². The highest BCUT2D eigenvalue weighted by Crippen LogP contribution is 2.33. The van der Waals surface area contributed by atoms with Crippen LogP contribution in [0.1, 0.15) is 12.5 Å². The second kappa shape index (κ2) is 7.63. The first kappa shape index (κ1) is 20.2. The maximum Gasteiger partial charge on any atom is 0.331 e. The van der Waals surface area contributed by atoms with Crippen LogP contribution in [0.4, 0.5) is 4.79 Å². The number of urea groups is 1. The van der Waals surface area contributed by atoms with Gasteiger partial charge in [-0.05, 0) is 41.5 Å². The minimum atomic E-state index is -1.30. The number of imide groups is 1. The van der Waals surface area contributed by atoms with Crippen LogP contribution in [-0.4, -0.2) is 29.4 Å². The maximum absolute atomic E-state index is 13.1. The molecule has 1 fully saturated rings. The highest BCUT2D eigenvalue weighted by atomic mass is 35.5. The molecule has 30 heavy (non-hydrogen) atoms. The number of carbonyl (C=O) groups is 3. The molecule has 8 heteroatoms. The van der Waals surface area contributed by atoms with Gasteiger partial charge >= 0.3 is 12.0 Å². The Bertz CT molecular complexity index is 1200. The summed E-state index contributed by atoms with van der Waals surface area (Å²) in [4.78, 5) is 38.7. The number of halogens is 2. The number of nitrogens with one attached hydrogen (secondary N) is 1. The third-order valence-corrected chi connectivity index (χ3v) is 5.83. The van der Waals surface area contributed by atoms with E-state index in [-0.39, 0.29) is 15.8 Å². The van der Waals surface area contributed by atoms with E-state index in [4.69, 9.17) is 27.9 Å². The SMILES string of the molecule is CC1(c2ccc3ccccc3c2)NC(=O)N(CC(=O)Oc2cccc(Cl)c2Cl)C1=O. The maximum atomic E-state index is 13.1. The molecule has 4 rings (SSSR count). The van der Waals surface area contributed by atoms with Crippen molar-refractivity contribution < 1.29 is 19.1 Å². The molecule has 3 aromatic carbocycles. The summed E-state index contributed by atoms with van der Waals surface area (Å²) in [6.45, 7) is 1.05. The lowest BCUT2D eigenvalue weighted by molar-refractivity contribution is -0.140. The van der Waals surface area contributed by atoms with Gasteiger partial charge in [-0.15, -0.1) is 0 Å². The normalized spacial score (nSPS) is 18.6. The number of fused-ring (bicyclic) bond motifs is 1. The number of hydrogen-bond acceptors (Lipinski definition) is 4. The molecule has 0 radical (unpaired) electrons. The lowest BCUT2D eigenvalue weighted by Crippen LogP contribution is -2.42. The van der Waals surface area contributed by atoms with Crippen molar-refractivity contribution in [3.05, 3.63) is 76.3 Å². The van der Waals surface area contributed by atoms with Gasteiger partial charge in [0.15, 0.2) is 5.75 Å². The van der Waals surface area contributed by atoms with Crippen LogP contribution in [-0.2, 0) is 15.1 Å². The van der Waals surface area contributed by atoms with Crippen molar-refractivity contribution in [2.45, 2.75) is 12.5 Å². The number of rotatable bonds is 4. The first-order valence-corrected chi connectivity index (χ1v) is 9.83. The summed E-state index contributed by atoms with van der Waals surface area (Å²) in [5.41, 5.74) is -0.678. The summed E-state index contributed by atoms with van der Waals surface area (Å²) in [5, 5.41) is 4.93. The highest BCUT2D eigenvalue weighted by molar-refractivity contribution is 6.43. The minimum Gasteiger partial charge on any atom is -0.424 e. The molecule has 6 nitrogen and oxygen atoms in total. The van der Waals surface area contributed by atoms with E-state index in [0.29, 0.717) is 5.56 Å². The Labute approximate surface area is 182 Å². The van der Waals surface area contributed by atoms with Crippen LogP contribution in [0.15, 0.2) is 60.7 Å². The standard InChI is InChI=1S/C22H16Cl2N2O4/c1-22(15-10-9-13-5-2-3-6-14(13)11-15)20(28)26(21(29)25-22)12-18(27)30-17-8-4-7-16(23)19(17)24/h2-11H,12H2,1H3,(H,25,29). The van der Waals surface area contributed by atoms with Crippen molar-refractivity contribution in [1.82, 2.24) is 10.2 Å². The zero-order valence-corrected chi connectivity index (χ0v) is 17.3. The van der Waals surface area contributed by atoms with Crippen LogP contribution >= 0.6 is 23.2 Å². The number of hydrogen-bond donors (Lipinski definition) is 1. The zero-order valence-electron chi connectivity index (χ0n) is 15.8. The molecule has 0 aromatic heterocycles. The molecular formula is C22H16Cl2N2O4. The number of carbonyl (C=O) groups excluding carboxylic acids is 3. The molecule has 1 aliphatic heterocycles. The average Bonchev–Trinajstić information content (AvgIpc) is 2.95. The average molecular weight is 443 g/mol. The smallest absolute Gasteiger partial charge is 0.331 e. The molecule has 1 heterocycles. The van der Waals surface area contributed by atoms with Crippen LogP contribution in [0, 0.1) is 0 Å². The van der Waals surface area contributed by atoms with Crippen LogP contribution in [0.5, 0.6) is 5.75 Å². The summed E-state index contributed by atoms with van der Waals surface area (Å²) in [5.74, 6) is -1.30. The molecule has 1 N–H and O–H groups in total. The van der Waals surface area contributed by atoms with Crippen molar-refractivity contribution in [3.8, 4) is 5.75 Å². The van der Waals surface area contributed by atoms with Gasteiger partial charge in [0.05, 0.1) is 5.02 Å². The van der Waals surface area contributed by atoms with E-state index in [1.165, 1.54) is 6.07 Å². The van der Waals surface area contributed by atoms with Gasteiger partial charge in [0.1, 0.15) is 17.1 Å². The summed E-state index contributed by atoms with van der Waals surface area (Å²) in [6, 6.07) is 17.1. The number of esters is 1. The van der Waals surface area contributed by atoms with E-state index < -0.39 is 30.0 Å². The summed E-state index contributed by atoms with van der Waals surface area (Å²) < 4.78 is 5.19. The lowest BCUT2D eigenvalue weighted by Gasteiger charge is -2.22. The summed E-state index contributed by atoms with van der Waals surface area (Å²) in [6.07, 6.45) is 0. The van der Waals surface area contributed by atoms with Crippen molar-refractivity contribution in [2.24, 2.45) is 0 Å². The summed E-state index contributed by atoms with van der Waals surface area (Å²) in [7, 11) is 0. The van der Waals surface area contributed by atoms with Gasteiger partial charge in [-0.2, -0.15) is 0 Å². The second-order valence-electron chi connectivity index (χ2n) is 7.03. The van der Waals surface area contributed by atoms with Gasteiger partial charge in [-0.3, -0.25) is 9.69 Å². The third kappa shape index (κ3) is 3.49. The predicted octanol–water partition coefficient (Wildman–Crippen LogP) is 4.52. The first-order chi connectivity index (χ1) is 14.3. The fraction of sp³-hybridized carbons (Fsp3) is 0.136. The molecule has 0 saturated carbocycles. The van der Waals surface area contributed by atoms with Crippen LogP contribution in [0.25, 0.3) is 10.8 Å². The molecule has 3 amide bonds. The number of ether oxygens (including phenoxy) is 1. The molecule has 1 saturated heterocycles. The molecule has 0 bridgehead atoms. The molecular weight excluding hydrogens is 427 g/mol. The number of benzene rings is 3. The van der Waals surface area contributed by atoms with Crippen LogP contribution in [0.2, 0.25) is 10.0 Å². The predicted molar refractivity (Wildman–Crippen MR) is 114 cm³/mol. The zero-order chi connectivity index (χ0) is 21.5. The van der Waals surface area contributed by atoms with E-state index >= 15 is 0 Å². The minimum absolute atomic E-state index is 0.0542. The Balaban J connectivity index is 1.55. The highest BCUT2D eigenvalue weighted by Gasteiger charge is 2.49. The summed E-state index contributed by atoms with van der Waals surface area (Å²) >= 11 is 11.9. The molecule has 1 aliphatic rings. The van der Waals surface area contributed by atoms with E-state index in [0.717, 1.165) is 15.7 Å². The quantitative estimate of drug-likeness (QED) is 0.366. The molecule has 3 aromatic rings. The van der Waals surface area contributed by atoms with Gasteiger partial charge in [0, 0.05) is 0 Å². The van der Waals surface area contributed by atoms with E-state index in [9.17, 15) is 14.4 Å². The molecule has 152 valence electrons. The van der Waals surface area contributed by atoms with Crippen molar-refractivity contribution >= 4 is 51.9 Å². The van der Waals surface area contributed by atoms with E-state index in [1.807, 2.05) is 36.4 Å². The number of nitrogens with zero attached hydrogens (tertiary/aromatic N) is 1. The molecule has 0 aliphatic carbocycles. The first-order valence-electron chi connectivity index (χ1n) is 9.07. The van der Waals surface area contributed by atoms with Gasteiger partial charge in [-0.25, -0.2) is 9.59 Å². The Morgan fingerprint density at radius 1 is 1.03 bits per heavy atom. The van der Waals surface area contributed by atoms with E-state index in [2.05, 4.69) is 5.32 Å². The topological polar surface area (TPSA) is 75.7 Å². The third-order valence-electron chi connectivity index (χ3n) is 5.03. The monoisotopic (exact) mass is 442 g/mol. The second-order valence-corrected chi connectivity index (χ2v) is 7.82. The van der Waals surface area contributed by atoms with Crippen LogP contribution in [0.3, 0.4) is 0 Å². The molecule has 1 unspecified atom stereocenters. The van der Waals surface area contributed by atoms with Gasteiger partial charge in [0.2, 0.25) is 0 Å². The van der Waals surface area contributed by atoms with Gasteiger partial charge in [-0.1, -0.05) is 65.7 Å². The fourth-order valence-corrected chi connectivity index (χ4v) is 3.71. The Morgan fingerprint density at radius 3 is 2.53 bits per heavy atom. The van der Waals surface area contributed by atoms with Crippen molar-refractivity contribution in [2.75, 3.05) is 6.54 Å².